The number of alkyl halides is 4. The highest BCUT2D eigenvalue weighted by atomic mass is 19.4. The first-order chi connectivity index (χ1) is 12.7. The van der Waals surface area contributed by atoms with E-state index in [1.807, 2.05) is 0 Å². The number of carboxylic acid groups (broad SMARTS) is 1. The predicted molar refractivity (Wildman–Crippen MR) is 87.5 cm³/mol. The number of fused-ring (bicyclic) bond motifs is 1. The normalized spacial score (nSPS) is 17.9. The lowest BCUT2D eigenvalue weighted by Gasteiger charge is -2.33. The second-order valence-electron chi connectivity index (χ2n) is 6.29. The van der Waals surface area contributed by atoms with Crippen molar-refractivity contribution in [2.75, 3.05) is 6.54 Å². The third-order valence-corrected chi connectivity index (χ3v) is 4.55. The summed E-state index contributed by atoms with van der Waals surface area (Å²) in [6.07, 6.45) is -6.73. The third kappa shape index (κ3) is 3.79. The van der Waals surface area contributed by atoms with E-state index in [1.165, 1.54) is 0 Å². The Kier molecular flexibility index (Phi) is 4.91. The van der Waals surface area contributed by atoms with Crippen LogP contribution in [0.3, 0.4) is 0 Å². The summed E-state index contributed by atoms with van der Waals surface area (Å²) in [5.74, 6) is -3.10. The average Bonchev–Trinajstić information content (AvgIpc) is 2.65. The third-order valence-electron chi connectivity index (χ3n) is 4.55. The molecular weight excluding hydrogens is 366 g/mol. The summed E-state index contributed by atoms with van der Waals surface area (Å²) in [5, 5.41) is 9.41. The molecule has 2 aromatic rings. The summed E-state index contributed by atoms with van der Waals surface area (Å²) in [5.41, 5.74) is 0.0191. The monoisotopic (exact) mass is 381 g/mol. The summed E-state index contributed by atoms with van der Waals surface area (Å²) in [6, 6.07) is 9.94. The fourth-order valence-electron chi connectivity index (χ4n) is 3.13. The van der Waals surface area contributed by atoms with Crippen LogP contribution in [0.15, 0.2) is 48.5 Å². The van der Waals surface area contributed by atoms with Gasteiger partial charge in [-0.1, -0.05) is 36.4 Å². The first-order valence-corrected chi connectivity index (χ1v) is 8.09. The van der Waals surface area contributed by atoms with E-state index in [9.17, 15) is 32.3 Å². The molecule has 0 bridgehead atoms. The molecule has 0 saturated carbocycles. The molecule has 0 radical (unpaired) electrons. The first kappa shape index (κ1) is 18.9. The smallest absolute Gasteiger partial charge is 0.416 e. The van der Waals surface area contributed by atoms with Crippen LogP contribution in [0.4, 0.5) is 17.6 Å². The van der Waals surface area contributed by atoms with Gasteiger partial charge in [0.15, 0.2) is 0 Å². The molecule has 2 unspecified atom stereocenters. The molecule has 1 amide bonds. The maximum Gasteiger partial charge on any atom is 0.416 e. The zero-order valence-corrected chi connectivity index (χ0v) is 13.9. The van der Waals surface area contributed by atoms with Gasteiger partial charge in [-0.05, 0) is 28.8 Å². The van der Waals surface area contributed by atoms with Gasteiger partial charge in [0.25, 0.3) is 5.91 Å². The Labute approximate surface area is 152 Å². The Morgan fingerprint density at radius 3 is 2.30 bits per heavy atom. The molecule has 0 aliphatic carbocycles. The number of aliphatic carboxylic acids is 1. The van der Waals surface area contributed by atoms with E-state index in [-0.39, 0.29) is 18.7 Å². The van der Waals surface area contributed by atoms with Gasteiger partial charge in [0, 0.05) is 13.1 Å². The second kappa shape index (κ2) is 7.02. The molecule has 8 heteroatoms. The Hall–Kier alpha value is -2.90. The number of carboxylic acids is 1. The van der Waals surface area contributed by atoms with Crippen LogP contribution in [0, 0.1) is 0 Å². The second-order valence-corrected chi connectivity index (χ2v) is 6.29. The van der Waals surface area contributed by atoms with Gasteiger partial charge in [0.1, 0.15) is 0 Å². The van der Waals surface area contributed by atoms with Gasteiger partial charge in [-0.3, -0.25) is 9.59 Å². The summed E-state index contributed by atoms with van der Waals surface area (Å²) >= 11 is 0. The lowest BCUT2D eigenvalue weighted by Crippen LogP contribution is -2.42. The maximum atomic E-state index is 14.6. The summed E-state index contributed by atoms with van der Waals surface area (Å²) in [4.78, 5) is 25.1. The summed E-state index contributed by atoms with van der Waals surface area (Å²) in [6.45, 7) is -0.161. The fraction of sp³-hybridized carbons (Fsp3) is 0.263. The molecule has 0 fully saturated rings. The van der Waals surface area contributed by atoms with Crippen LogP contribution in [-0.2, 0) is 22.3 Å². The summed E-state index contributed by atoms with van der Waals surface area (Å²) < 4.78 is 52.4. The van der Waals surface area contributed by atoms with Gasteiger partial charge in [-0.25, -0.2) is 4.39 Å². The van der Waals surface area contributed by atoms with Crippen molar-refractivity contribution in [3.8, 4) is 0 Å². The van der Waals surface area contributed by atoms with Crippen molar-refractivity contribution in [2.45, 2.75) is 24.8 Å². The zero-order valence-electron chi connectivity index (χ0n) is 13.9. The van der Waals surface area contributed by atoms with E-state index < -0.39 is 35.7 Å². The molecule has 27 heavy (non-hydrogen) atoms. The lowest BCUT2D eigenvalue weighted by atomic mass is 9.89. The minimum Gasteiger partial charge on any atom is -0.481 e. The van der Waals surface area contributed by atoms with Crippen molar-refractivity contribution in [1.82, 2.24) is 4.90 Å². The average molecular weight is 381 g/mol. The van der Waals surface area contributed by atoms with E-state index in [0.29, 0.717) is 23.3 Å². The Morgan fingerprint density at radius 1 is 1.07 bits per heavy atom. The highest BCUT2D eigenvalue weighted by Crippen LogP contribution is 2.33. The van der Waals surface area contributed by atoms with Crippen LogP contribution in [0.5, 0.6) is 0 Å². The van der Waals surface area contributed by atoms with Crippen LogP contribution in [0.2, 0.25) is 0 Å². The highest BCUT2D eigenvalue weighted by Gasteiger charge is 2.36. The van der Waals surface area contributed by atoms with E-state index in [0.717, 1.165) is 17.0 Å². The Morgan fingerprint density at radius 2 is 1.70 bits per heavy atom. The van der Waals surface area contributed by atoms with E-state index >= 15 is 0 Å². The number of rotatable bonds is 3. The molecule has 1 N–H and O–H groups in total. The Bertz CT molecular complexity index is 864. The van der Waals surface area contributed by atoms with Crippen LogP contribution in [0.25, 0.3) is 0 Å². The van der Waals surface area contributed by atoms with Crippen molar-refractivity contribution < 1.29 is 32.3 Å². The van der Waals surface area contributed by atoms with E-state index in [4.69, 9.17) is 0 Å². The SMILES string of the molecule is O=C(O)C1CN(C(=O)C(F)c2ccc(C(F)(F)F)cc2)Cc2ccccc21. The number of hydrogen-bond donors (Lipinski definition) is 1. The summed E-state index contributed by atoms with van der Waals surface area (Å²) in [7, 11) is 0. The maximum absolute atomic E-state index is 14.6. The number of benzene rings is 2. The number of nitrogens with zero attached hydrogens (tertiary/aromatic N) is 1. The van der Waals surface area contributed by atoms with Gasteiger partial charge < -0.3 is 10.0 Å². The molecule has 4 nitrogen and oxygen atoms in total. The molecule has 142 valence electrons. The fourth-order valence-corrected chi connectivity index (χ4v) is 3.13. The zero-order chi connectivity index (χ0) is 19.8. The first-order valence-electron chi connectivity index (χ1n) is 8.09. The largest absolute Gasteiger partial charge is 0.481 e. The van der Waals surface area contributed by atoms with E-state index in [2.05, 4.69) is 0 Å². The minimum absolute atomic E-state index is 0.0415. The van der Waals surface area contributed by atoms with Crippen molar-refractivity contribution in [1.29, 1.82) is 0 Å². The molecule has 2 aromatic carbocycles. The molecular formula is C19H15F4NO3. The molecule has 2 atom stereocenters. The topological polar surface area (TPSA) is 57.6 Å². The van der Waals surface area contributed by atoms with E-state index in [1.54, 1.807) is 24.3 Å². The van der Waals surface area contributed by atoms with Crippen LogP contribution < -0.4 is 0 Å². The van der Waals surface area contributed by atoms with Crippen molar-refractivity contribution in [3.05, 3.63) is 70.8 Å². The van der Waals surface area contributed by atoms with Crippen molar-refractivity contribution in [3.63, 3.8) is 0 Å². The number of hydrogen-bond acceptors (Lipinski definition) is 2. The van der Waals surface area contributed by atoms with Gasteiger partial charge in [0.05, 0.1) is 11.5 Å². The quantitative estimate of drug-likeness (QED) is 0.820. The highest BCUT2D eigenvalue weighted by molar-refractivity contribution is 5.85. The molecule has 3 rings (SSSR count). The lowest BCUT2D eigenvalue weighted by molar-refractivity contribution is -0.143. The minimum atomic E-state index is -4.56. The molecule has 1 aliphatic rings. The van der Waals surface area contributed by atoms with Gasteiger partial charge in [-0.2, -0.15) is 13.2 Å². The number of carbonyl (C=O) groups excluding carboxylic acids is 1. The van der Waals surface area contributed by atoms with Crippen molar-refractivity contribution in [2.24, 2.45) is 0 Å². The van der Waals surface area contributed by atoms with Crippen LogP contribution in [0.1, 0.15) is 34.3 Å². The van der Waals surface area contributed by atoms with Crippen molar-refractivity contribution >= 4 is 11.9 Å². The predicted octanol–water partition coefficient (Wildman–Crippen LogP) is 3.93. The molecule has 0 aromatic heterocycles. The molecule has 1 heterocycles. The molecule has 0 saturated heterocycles. The van der Waals surface area contributed by atoms with Gasteiger partial charge in [-0.15, -0.1) is 0 Å². The van der Waals surface area contributed by atoms with Gasteiger partial charge >= 0.3 is 12.1 Å². The van der Waals surface area contributed by atoms with Crippen LogP contribution in [-0.4, -0.2) is 28.4 Å². The number of halogens is 4. The number of carbonyl (C=O) groups is 2. The standard InChI is InChI=1S/C19H15F4NO3/c20-16(11-5-7-13(8-6-11)19(21,22)23)17(25)24-9-12-3-1-2-4-14(12)15(10-24)18(26)27/h1-8,15-16H,9-10H2,(H,26,27). The molecule has 1 aliphatic heterocycles. The molecule has 0 spiro atoms. The Balaban J connectivity index is 1.82. The number of amides is 1. The van der Waals surface area contributed by atoms with Crippen LogP contribution >= 0.6 is 0 Å². The van der Waals surface area contributed by atoms with Gasteiger partial charge in [0.2, 0.25) is 6.17 Å².